The second-order valence-electron chi connectivity index (χ2n) is 15.0. The van der Waals surface area contributed by atoms with Crippen LogP contribution in [0.2, 0.25) is 0 Å². The number of aromatic nitrogens is 6. The standard InChI is InChI=1S/C52H30N6OS/c1-3-14-31(15-4-1)49-54-50(33-26-29-45-39(30-33)36-20-9-12-25-44(36)59-45)56-52(55-49)58-42-23-11-8-19-35(42)38-28-27-37-34-18-7-10-22-41(34)57(46(37)47(38)58)43-24-13-21-40-48(43)60-51(53-40)32-16-5-2-6-17-32/h1-30H. The highest BCUT2D eigenvalue weighted by atomic mass is 32.1. The normalized spacial score (nSPS) is 12.0. The van der Waals surface area contributed by atoms with Crippen molar-refractivity contribution in [1.29, 1.82) is 0 Å². The maximum Gasteiger partial charge on any atom is 0.238 e. The van der Waals surface area contributed by atoms with E-state index in [1.54, 1.807) is 11.3 Å². The molecule has 7 nitrogen and oxygen atoms in total. The topological polar surface area (TPSA) is 74.6 Å². The van der Waals surface area contributed by atoms with Crippen LogP contribution < -0.4 is 0 Å². The predicted molar refractivity (Wildman–Crippen MR) is 245 cm³/mol. The van der Waals surface area contributed by atoms with Crippen molar-refractivity contribution in [2.75, 3.05) is 0 Å². The number of hydrogen-bond donors (Lipinski definition) is 0. The second kappa shape index (κ2) is 12.8. The zero-order valence-corrected chi connectivity index (χ0v) is 32.6. The summed E-state index contributed by atoms with van der Waals surface area (Å²) in [4.78, 5) is 21.0. The Bertz CT molecular complexity index is 3840. The average Bonchev–Trinajstić information content (AvgIpc) is 4.09. The Morgan fingerprint density at radius 1 is 0.400 bits per heavy atom. The van der Waals surface area contributed by atoms with Crippen LogP contribution in [0.15, 0.2) is 186 Å². The summed E-state index contributed by atoms with van der Waals surface area (Å²) >= 11 is 1.73. The Morgan fingerprint density at radius 2 is 1.00 bits per heavy atom. The highest BCUT2D eigenvalue weighted by molar-refractivity contribution is 7.22. The highest BCUT2D eigenvalue weighted by Crippen LogP contribution is 2.44. The fourth-order valence-electron chi connectivity index (χ4n) is 8.95. The summed E-state index contributed by atoms with van der Waals surface area (Å²) in [6.45, 7) is 0. The monoisotopic (exact) mass is 786 g/mol. The van der Waals surface area contributed by atoms with Crippen molar-refractivity contribution in [2.45, 2.75) is 0 Å². The smallest absolute Gasteiger partial charge is 0.238 e. The fourth-order valence-corrected chi connectivity index (χ4v) is 10.0. The molecule has 0 spiro atoms. The minimum Gasteiger partial charge on any atom is -0.456 e. The summed E-state index contributed by atoms with van der Waals surface area (Å²) in [6.07, 6.45) is 0. The van der Waals surface area contributed by atoms with E-state index in [0.29, 0.717) is 17.6 Å². The van der Waals surface area contributed by atoms with Gasteiger partial charge in [0.1, 0.15) is 16.2 Å². The molecule has 60 heavy (non-hydrogen) atoms. The second-order valence-corrected chi connectivity index (χ2v) is 16.0. The minimum atomic E-state index is 0.536. The molecule has 0 amide bonds. The molecular formula is C52H30N6OS. The van der Waals surface area contributed by atoms with Gasteiger partial charge >= 0.3 is 0 Å². The van der Waals surface area contributed by atoms with Gasteiger partial charge < -0.3 is 8.98 Å². The summed E-state index contributed by atoms with van der Waals surface area (Å²) in [7, 11) is 0. The molecule has 13 aromatic rings. The van der Waals surface area contributed by atoms with E-state index in [9.17, 15) is 0 Å². The Morgan fingerprint density at radius 3 is 1.75 bits per heavy atom. The van der Waals surface area contributed by atoms with Gasteiger partial charge in [-0.2, -0.15) is 9.97 Å². The molecule has 0 aliphatic heterocycles. The quantitative estimate of drug-likeness (QED) is 0.174. The van der Waals surface area contributed by atoms with Crippen LogP contribution >= 0.6 is 11.3 Å². The maximum absolute atomic E-state index is 6.22. The molecule has 0 aliphatic carbocycles. The number of fused-ring (bicyclic) bond motifs is 11. The maximum atomic E-state index is 6.22. The third-order valence-corrected chi connectivity index (χ3v) is 12.8. The largest absolute Gasteiger partial charge is 0.456 e. The molecule has 5 aromatic heterocycles. The predicted octanol–water partition coefficient (Wildman–Crippen LogP) is 13.6. The molecule has 8 heteroatoms. The molecule has 0 fully saturated rings. The Kier molecular flexibility index (Phi) is 7.05. The third kappa shape index (κ3) is 4.88. The van der Waals surface area contributed by atoms with Crippen LogP contribution in [0.4, 0.5) is 0 Å². The molecule has 13 rings (SSSR count). The lowest BCUT2D eigenvalue weighted by Crippen LogP contribution is -2.07. The van der Waals surface area contributed by atoms with Gasteiger partial charge in [0.05, 0.1) is 38.0 Å². The van der Waals surface area contributed by atoms with Gasteiger partial charge in [-0.25, -0.2) is 9.97 Å². The van der Waals surface area contributed by atoms with Gasteiger partial charge in [-0.15, -0.1) is 11.3 Å². The van der Waals surface area contributed by atoms with Crippen molar-refractivity contribution in [3.05, 3.63) is 182 Å². The number of hydrogen-bond acceptors (Lipinski definition) is 6. The number of benzene rings is 8. The van der Waals surface area contributed by atoms with Crippen molar-refractivity contribution in [3.63, 3.8) is 0 Å². The number of thiazole rings is 1. The molecule has 0 radical (unpaired) electrons. The molecule has 0 atom stereocenters. The molecule has 8 aromatic carbocycles. The molecule has 5 heterocycles. The van der Waals surface area contributed by atoms with Crippen LogP contribution in [0.3, 0.4) is 0 Å². The fraction of sp³-hybridized carbons (Fsp3) is 0. The molecular weight excluding hydrogens is 757 g/mol. The number of nitrogens with zero attached hydrogens (tertiary/aromatic N) is 6. The lowest BCUT2D eigenvalue weighted by atomic mass is 10.1. The number of rotatable bonds is 5. The van der Waals surface area contributed by atoms with E-state index in [0.717, 1.165) is 103 Å². The van der Waals surface area contributed by atoms with Crippen LogP contribution in [0.1, 0.15) is 0 Å². The molecule has 0 unspecified atom stereocenters. The van der Waals surface area contributed by atoms with Gasteiger partial charge in [-0.05, 0) is 48.5 Å². The molecule has 0 N–H and O–H groups in total. The highest BCUT2D eigenvalue weighted by Gasteiger charge is 2.25. The van der Waals surface area contributed by atoms with Gasteiger partial charge in [-0.3, -0.25) is 4.57 Å². The zero-order chi connectivity index (χ0) is 39.3. The first-order valence-corrected chi connectivity index (χ1v) is 20.7. The van der Waals surface area contributed by atoms with E-state index >= 15 is 0 Å². The van der Waals surface area contributed by atoms with Gasteiger partial charge in [0.15, 0.2) is 11.6 Å². The summed E-state index contributed by atoms with van der Waals surface area (Å²) < 4.78 is 12.0. The molecule has 0 saturated carbocycles. The van der Waals surface area contributed by atoms with Gasteiger partial charge in [0.2, 0.25) is 5.95 Å². The van der Waals surface area contributed by atoms with E-state index in [2.05, 4.69) is 137 Å². The zero-order valence-electron chi connectivity index (χ0n) is 31.8. The van der Waals surface area contributed by atoms with Crippen LogP contribution in [-0.2, 0) is 0 Å². The molecule has 0 bridgehead atoms. The SMILES string of the molecule is c1ccc(-c2nc(-c3ccc4oc5ccccc5c4c3)nc(-n3c4ccccc4c4ccc5c6ccccc6n(-c6cccc7nc(-c8ccccc8)sc67)c5c43)n2)cc1. The van der Waals surface area contributed by atoms with E-state index in [4.69, 9.17) is 24.4 Å². The van der Waals surface area contributed by atoms with Crippen LogP contribution in [0.25, 0.3) is 121 Å². The lowest BCUT2D eigenvalue weighted by Gasteiger charge is -2.13. The van der Waals surface area contributed by atoms with Crippen LogP contribution in [0.5, 0.6) is 0 Å². The summed E-state index contributed by atoms with van der Waals surface area (Å²) in [5, 5.41) is 7.59. The number of para-hydroxylation sites is 3. The van der Waals surface area contributed by atoms with Crippen molar-refractivity contribution in [2.24, 2.45) is 0 Å². The lowest BCUT2D eigenvalue weighted by molar-refractivity contribution is 0.669. The first-order valence-electron chi connectivity index (χ1n) is 19.9. The van der Waals surface area contributed by atoms with Crippen molar-refractivity contribution < 1.29 is 4.42 Å². The molecule has 0 aliphatic rings. The Labute approximate surface area is 346 Å². The first kappa shape index (κ1) is 33.1. The first-order chi connectivity index (χ1) is 29.7. The molecule has 280 valence electrons. The Hall–Kier alpha value is -7.94. The Balaban J connectivity index is 1.15. The van der Waals surface area contributed by atoms with Crippen molar-refractivity contribution >= 4 is 87.1 Å². The van der Waals surface area contributed by atoms with Crippen LogP contribution in [-0.4, -0.2) is 29.1 Å². The average molecular weight is 787 g/mol. The summed E-state index contributed by atoms with van der Waals surface area (Å²) in [5.41, 5.74) is 10.8. The minimum absolute atomic E-state index is 0.536. The van der Waals surface area contributed by atoms with Crippen molar-refractivity contribution in [3.8, 4) is 45.0 Å². The van der Waals surface area contributed by atoms with Gasteiger partial charge in [0.25, 0.3) is 0 Å². The number of furan rings is 1. The van der Waals surface area contributed by atoms with Gasteiger partial charge in [-0.1, -0.05) is 133 Å². The summed E-state index contributed by atoms with van der Waals surface area (Å²) in [6, 6.07) is 63.1. The van der Waals surface area contributed by atoms with Gasteiger partial charge in [0, 0.05) is 49.0 Å². The van der Waals surface area contributed by atoms with E-state index in [1.165, 1.54) is 0 Å². The van der Waals surface area contributed by atoms with Crippen molar-refractivity contribution in [1.82, 2.24) is 29.1 Å². The van der Waals surface area contributed by atoms with Crippen LogP contribution in [0, 0.1) is 0 Å². The third-order valence-electron chi connectivity index (χ3n) is 11.6. The molecule has 0 saturated heterocycles. The van der Waals surface area contributed by atoms with E-state index < -0.39 is 0 Å². The van der Waals surface area contributed by atoms with E-state index in [1.807, 2.05) is 54.6 Å². The van der Waals surface area contributed by atoms with E-state index in [-0.39, 0.29) is 0 Å². The summed E-state index contributed by atoms with van der Waals surface area (Å²) in [5.74, 6) is 1.70.